The number of benzene rings is 1. The fourth-order valence-corrected chi connectivity index (χ4v) is 1.07. The van der Waals surface area contributed by atoms with Crippen molar-refractivity contribution < 1.29 is 4.74 Å². The monoisotopic (exact) mass is 165 g/mol. The van der Waals surface area contributed by atoms with Gasteiger partial charge in [0.05, 0.1) is 7.11 Å². The molecule has 0 aliphatic heterocycles. The van der Waals surface area contributed by atoms with E-state index < -0.39 is 0 Å². The molecular weight excluding hydrogens is 150 g/mol. The van der Waals surface area contributed by atoms with E-state index in [9.17, 15) is 0 Å². The highest BCUT2D eigenvalue weighted by Crippen LogP contribution is 2.17. The summed E-state index contributed by atoms with van der Waals surface area (Å²) >= 11 is 0. The van der Waals surface area contributed by atoms with Crippen LogP contribution in [-0.4, -0.2) is 13.7 Å². The SMILES string of the molecule is COc1ccc([C@@H](C)CN)cc1. The number of hydrogen-bond donors (Lipinski definition) is 1. The summed E-state index contributed by atoms with van der Waals surface area (Å²) in [5.74, 6) is 1.32. The summed E-state index contributed by atoms with van der Waals surface area (Å²) in [6.07, 6.45) is 0. The molecule has 0 aliphatic carbocycles. The lowest BCUT2D eigenvalue weighted by atomic mass is 10.0. The first-order chi connectivity index (χ1) is 5.77. The van der Waals surface area contributed by atoms with Gasteiger partial charge in [-0.2, -0.15) is 0 Å². The molecule has 0 aromatic heterocycles. The Morgan fingerprint density at radius 1 is 1.33 bits per heavy atom. The molecule has 0 radical (unpaired) electrons. The third kappa shape index (κ3) is 1.98. The van der Waals surface area contributed by atoms with Crippen molar-refractivity contribution in [2.75, 3.05) is 13.7 Å². The van der Waals surface area contributed by atoms with Crippen LogP contribution >= 0.6 is 0 Å². The average molecular weight is 165 g/mol. The van der Waals surface area contributed by atoms with E-state index >= 15 is 0 Å². The average Bonchev–Trinajstić information content (AvgIpc) is 2.17. The summed E-state index contributed by atoms with van der Waals surface area (Å²) in [5, 5.41) is 0. The molecule has 0 bridgehead atoms. The highest BCUT2D eigenvalue weighted by Gasteiger charge is 2.01. The van der Waals surface area contributed by atoms with Gasteiger partial charge in [-0.3, -0.25) is 0 Å². The van der Waals surface area contributed by atoms with E-state index in [4.69, 9.17) is 10.5 Å². The zero-order valence-electron chi connectivity index (χ0n) is 7.58. The van der Waals surface area contributed by atoms with Crippen LogP contribution in [0.15, 0.2) is 24.3 Å². The van der Waals surface area contributed by atoms with E-state index in [1.54, 1.807) is 7.11 Å². The highest BCUT2D eigenvalue weighted by molar-refractivity contribution is 5.29. The van der Waals surface area contributed by atoms with Crippen LogP contribution in [0.2, 0.25) is 0 Å². The van der Waals surface area contributed by atoms with Crippen LogP contribution in [0.25, 0.3) is 0 Å². The van der Waals surface area contributed by atoms with Gasteiger partial charge >= 0.3 is 0 Å². The molecule has 12 heavy (non-hydrogen) atoms. The second kappa shape index (κ2) is 4.12. The molecule has 1 aromatic rings. The van der Waals surface area contributed by atoms with E-state index in [1.165, 1.54) is 5.56 Å². The Balaban J connectivity index is 2.77. The van der Waals surface area contributed by atoms with Gasteiger partial charge in [-0.25, -0.2) is 0 Å². The molecule has 0 spiro atoms. The second-order valence-corrected chi connectivity index (χ2v) is 2.91. The normalized spacial score (nSPS) is 12.6. The van der Waals surface area contributed by atoms with Gasteiger partial charge in [0, 0.05) is 0 Å². The summed E-state index contributed by atoms with van der Waals surface area (Å²) in [4.78, 5) is 0. The number of methoxy groups -OCH3 is 1. The zero-order chi connectivity index (χ0) is 8.97. The molecule has 2 N–H and O–H groups in total. The molecule has 0 amide bonds. The van der Waals surface area contributed by atoms with Crippen molar-refractivity contribution in [3.63, 3.8) is 0 Å². The van der Waals surface area contributed by atoms with Crippen molar-refractivity contribution >= 4 is 0 Å². The Labute approximate surface area is 73.3 Å². The molecule has 2 heteroatoms. The Morgan fingerprint density at radius 3 is 2.33 bits per heavy atom. The van der Waals surface area contributed by atoms with E-state index in [2.05, 4.69) is 19.1 Å². The third-order valence-corrected chi connectivity index (χ3v) is 2.04. The van der Waals surface area contributed by atoms with Gasteiger partial charge in [-0.1, -0.05) is 19.1 Å². The topological polar surface area (TPSA) is 35.2 Å². The lowest BCUT2D eigenvalue weighted by molar-refractivity contribution is 0.414. The molecule has 0 fully saturated rings. The van der Waals surface area contributed by atoms with Crippen molar-refractivity contribution in [3.8, 4) is 5.75 Å². The maximum absolute atomic E-state index is 5.54. The van der Waals surface area contributed by atoms with Crippen LogP contribution in [-0.2, 0) is 0 Å². The van der Waals surface area contributed by atoms with Gasteiger partial charge in [-0.15, -0.1) is 0 Å². The Morgan fingerprint density at radius 2 is 1.92 bits per heavy atom. The lowest BCUT2D eigenvalue weighted by Gasteiger charge is -2.08. The first-order valence-corrected chi connectivity index (χ1v) is 4.12. The molecule has 0 saturated carbocycles. The van der Waals surface area contributed by atoms with Crippen molar-refractivity contribution in [2.24, 2.45) is 5.73 Å². The number of ether oxygens (including phenoxy) is 1. The first kappa shape index (κ1) is 9.07. The predicted molar refractivity (Wildman–Crippen MR) is 50.5 cm³/mol. The Bertz CT molecular complexity index is 230. The number of nitrogens with two attached hydrogens (primary N) is 1. The molecule has 66 valence electrons. The Hall–Kier alpha value is -1.02. The quantitative estimate of drug-likeness (QED) is 0.740. The summed E-state index contributed by atoms with van der Waals surface area (Å²) in [5.41, 5.74) is 6.81. The first-order valence-electron chi connectivity index (χ1n) is 4.12. The van der Waals surface area contributed by atoms with Crippen molar-refractivity contribution in [2.45, 2.75) is 12.8 Å². The van der Waals surface area contributed by atoms with Crippen molar-refractivity contribution in [1.29, 1.82) is 0 Å². The summed E-state index contributed by atoms with van der Waals surface area (Å²) in [7, 11) is 1.67. The minimum Gasteiger partial charge on any atom is -0.497 e. The Kier molecular flexibility index (Phi) is 3.11. The molecule has 0 aliphatic rings. The smallest absolute Gasteiger partial charge is 0.118 e. The number of hydrogen-bond acceptors (Lipinski definition) is 2. The van der Waals surface area contributed by atoms with Gasteiger partial charge in [0.25, 0.3) is 0 Å². The van der Waals surface area contributed by atoms with E-state index in [0.29, 0.717) is 12.5 Å². The van der Waals surface area contributed by atoms with Gasteiger partial charge < -0.3 is 10.5 Å². The van der Waals surface area contributed by atoms with Gasteiger partial charge in [0.1, 0.15) is 5.75 Å². The van der Waals surface area contributed by atoms with E-state index in [1.807, 2.05) is 12.1 Å². The molecular formula is C10H15NO. The third-order valence-electron chi connectivity index (χ3n) is 2.04. The summed E-state index contributed by atoms with van der Waals surface area (Å²) < 4.78 is 5.05. The molecule has 0 saturated heterocycles. The minimum absolute atomic E-state index is 0.427. The maximum atomic E-state index is 5.54. The van der Waals surface area contributed by atoms with Crippen LogP contribution in [0.1, 0.15) is 18.4 Å². The molecule has 1 atom stereocenters. The highest BCUT2D eigenvalue weighted by atomic mass is 16.5. The fraction of sp³-hybridized carbons (Fsp3) is 0.400. The van der Waals surface area contributed by atoms with E-state index in [-0.39, 0.29) is 0 Å². The minimum atomic E-state index is 0.427. The van der Waals surface area contributed by atoms with Crippen LogP contribution in [0, 0.1) is 0 Å². The molecule has 1 aromatic carbocycles. The molecule has 0 heterocycles. The van der Waals surface area contributed by atoms with Gasteiger partial charge in [0.2, 0.25) is 0 Å². The molecule has 2 nitrogen and oxygen atoms in total. The maximum Gasteiger partial charge on any atom is 0.118 e. The predicted octanol–water partition coefficient (Wildman–Crippen LogP) is 1.76. The largest absolute Gasteiger partial charge is 0.497 e. The van der Waals surface area contributed by atoms with Crippen molar-refractivity contribution in [3.05, 3.63) is 29.8 Å². The summed E-state index contributed by atoms with van der Waals surface area (Å²) in [6, 6.07) is 8.02. The standard InChI is InChI=1S/C10H15NO/c1-8(7-11)9-3-5-10(12-2)6-4-9/h3-6,8H,7,11H2,1-2H3/t8-/m0/s1. The van der Waals surface area contributed by atoms with Crippen LogP contribution in [0.4, 0.5) is 0 Å². The lowest BCUT2D eigenvalue weighted by Crippen LogP contribution is -2.08. The van der Waals surface area contributed by atoms with Crippen LogP contribution in [0.3, 0.4) is 0 Å². The van der Waals surface area contributed by atoms with Crippen LogP contribution < -0.4 is 10.5 Å². The second-order valence-electron chi connectivity index (χ2n) is 2.91. The fourth-order valence-electron chi connectivity index (χ4n) is 1.07. The zero-order valence-corrected chi connectivity index (χ0v) is 7.58. The van der Waals surface area contributed by atoms with Crippen molar-refractivity contribution in [1.82, 2.24) is 0 Å². The van der Waals surface area contributed by atoms with Gasteiger partial charge in [-0.05, 0) is 30.2 Å². The van der Waals surface area contributed by atoms with E-state index in [0.717, 1.165) is 5.75 Å². The molecule has 0 unspecified atom stereocenters. The summed E-state index contributed by atoms with van der Waals surface area (Å²) in [6.45, 7) is 2.80. The van der Waals surface area contributed by atoms with Crippen LogP contribution in [0.5, 0.6) is 5.75 Å². The van der Waals surface area contributed by atoms with Gasteiger partial charge in [0.15, 0.2) is 0 Å². The molecule has 1 rings (SSSR count). The number of rotatable bonds is 3.